The molecule has 0 radical (unpaired) electrons. The van der Waals surface area contributed by atoms with Crippen molar-refractivity contribution in [2.45, 2.75) is 46.2 Å². The van der Waals surface area contributed by atoms with Crippen LogP contribution in [0, 0.1) is 19.8 Å². The van der Waals surface area contributed by atoms with Crippen molar-refractivity contribution in [2.75, 3.05) is 19.8 Å². The zero-order valence-corrected chi connectivity index (χ0v) is 13.3. The van der Waals surface area contributed by atoms with E-state index in [2.05, 4.69) is 18.7 Å². The average Bonchev–Trinajstić information content (AvgIpc) is 3.01. The standard InChI is InChI=1S/C16H25NO4/c1-5-6-17(15-9-20-8-14(15)16(18)19)11(3)13-7-10(2)21-12(13)4/h7,11,14-15H,5-6,8-9H2,1-4H3,(H,18,19). The van der Waals surface area contributed by atoms with E-state index in [-0.39, 0.29) is 12.1 Å². The van der Waals surface area contributed by atoms with Crippen LogP contribution in [0.4, 0.5) is 0 Å². The molecule has 21 heavy (non-hydrogen) atoms. The summed E-state index contributed by atoms with van der Waals surface area (Å²) in [4.78, 5) is 13.7. The Hall–Kier alpha value is -1.33. The molecular formula is C16H25NO4. The number of aryl methyl sites for hydroxylation is 2. The molecule has 1 N–H and O–H groups in total. The van der Waals surface area contributed by atoms with Gasteiger partial charge in [0.05, 0.1) is 19.1 Å². The molecule has 1 saturated heterocycles. The third-order valence-corrected chi connectivity index (χ3v) is 4.30. The lowest BCUT2D eigenvalue weighted by Gasteiger charge is -2.35. The van der Waals surface area contributed by atoms with Crippen molar-refractivity contribution in [1.29, 1.82) is 0 Å². The molecule has 1 aliphatic rings. The second-order valence-electron chi connectivity index (χ2n) is 5.83. The molecule has 5 heteroatoms. The Balaban J connectivity index is 2.25. The highest BCUT2D eigenvalue weighted by molar-refractivity contribution is 5.71. The first-order valence-corrected chi connectivity index (χ1v) is 7.58. The van der Waals surface area contributed by atoms with E-state index in [1.165, 1.54) is 0 Å². The number of carboxylic acids is 1. The number of furan rings is 1. The molecule has 2 heterocycles. The van der Waals surface area contributed by atoms with Gasteiger partial charge in [-0.3, -0.25) is 9.69 Å². The fraction of sp³-hybridized carbons (Fsp3) is 0.688. The van der Waals surface area contributed by atoms with Gasteiger partial charge in [-0.15, -0.1) is 0 Å². The van der Waals surface area contributed by atoms with Gasteiger partial charge in [0, 0.05) is 17.6 Å². The predicted molar refractivity (Wildman–Crippen MR) is 79.3 cm³/mol. The number of hydrogen-bond donors (Lipinski definition) is 1. The second-order valence-corrected chi connectivity index (χ2v) is 5.83. The van der Waals surface area contributed by atoms with Crippen LogP contribution in [0.15, 0.2) is 10.5 Å². The zero-order chi connectivity index (χ0) is 15.6. The highest BCUT2D eigenvalue weighted by Gasteiger charge is 2.40. The maximum absolute atomic E-state index is 11.4. The van der Waals surface area contributed by atoms with Crippen molar-refractivity contribution in [3.05, 3.63) is 23.2 Å². The van der Waals surface area contributed by atoms with E-state index in [0.717, 1.165) is 30.0 Å². The van der Waals surface area contributed by atoms with Gasteiger partial charge in [-0.1, -0.05) is 6.92 Å². The smallest absolute Gasteiger partial charge is 0.310 e. The summed E-state index contributed by atoms with van der Waals surface area (Å²) in [5.41, 5.74) is 1.14. The molecule has 1 aliphatic heterocycles. The third-order valence-electron chi connectivity index (χ3n) is 4.30. The van der Waals surface area contributed by atoms with E-state index in [0.29, 0.717) is 13.2 Å². The van der Waals surface area contributed by atoms with E-state index in [9.17, 15) is 9.90 Å². The molecule has 0 aromatic carbocycles. The van der Waals surface area contributed by atoms with E-state index in [4.69, 9.17) is 9.15 Å². The fourth-order valence-electron chi connectivity index (χ4n) is 3.25. The summed E-state index contributed by atoms with van der Waals surface area (Å²) in [5, 5.41) is 9.39. The molecule has 118 valence electrons. The lowest BCUT2D eigenvalue weighted by molar-refractivity contribution is -0.143. The summed E-state index contributed by atoms with van der Waals surface area (Å²) in [5.74, 6) is 0.577. The van der Waals surface area contributed by atoms with Crippen molar-refractivity contribution in [3.8, 4) is 0 Å². The summed E-state index contributed by atoms with van der Waals surface area (Å²) in [6.45, 7) is 9.76. The Bertz CT molecular complexity index is 496. The maximum Gasteiger partial charge on any atom is 0.310 e. The molecule has 0 spiro atoms. The van der Waals surface area contributed by atoms with Gasteiger partial charge in [-0.05, 0) is 39.8 Å². The van der Waals surface area contributed by atoms with Crippen LogP contribution in [-0.4, -0.2) is 41.8 Å². The first kappa shape index (κ1) is 16.0. The summed E-state index contributed by atoms with van der Waals surface area (Å²) >= 11 is 0. The SMILES string of the molecule is CCCN(C(C)c1cc(C)oc1C)C1COCC1C(=O)O. The Morgan fingerprint density at radius 1 is 1.48 bits per heavy atom. The minimum atomic E-state index is -0.772. The molecule has 2 rings (SSSR count). The minimum absolute atomic E-state index is 0.0768. The molecule has 0 saturated carbocycles. The summed E-state index contributed by atoms with van der Waals surface area (Å²) in [6, 6.07) is 2.09. The number of aliphatic carboxylic acids is 1. The second kappa shape index (κ2) is 6.62. The molecule has 0 bridgehead atoms. The van der Waals surface area contributed by atoms with Crippen molar-refractivity contribution in [1.82, 2.24) is 4.90 Å². The van der Waals surface area contributed by atoms with Crippen LogP contribution < -0.4 is 0 Å². The third kappa shape index (κ3) is 3.30. The number of carbonyl (C=O) groups is 1. The topological polar surface area (TPSA) is 62.9 Å². The molecule has 3 unspecified atom stereocenters. The fourth-order valence-corrected chi connectivity index (χ4v) is 3.25. The highest BCUT2D eigenvalue weighted by Crippen LogP contribution is 2.32. The van der Waals surface area contributed by atoms with Crippen molar-refractivity contribution < 1.29 is 19.1 Å². The predicted octanol–water partition coefficient (Wildman–Crippen LogP) is 2.77. The lowest BCUT2D eigenvalue weighted by Crippen LogP contribution is -2.44. The lowest BCUT2D eigenvalue weighted by atomic mass is 9.98. The highest BCUT2D eigenvalue weighted by atomic mass is 16.5. The maximum atomic E-state index is 11.4. The Morgan fingerprint density at radius 2 is 2.19 bits per heavy atom. The molecule has 5 nitrogen and oxygen atoms in total. The number of ether oxygens (including phenoxy) is 1. The van der Waals surface area contributed by atoms with Crippen molar-refractivity contribution >= 4 is 5.97 Å². The summed E-state index contributed by atoms with van der Waals surface area (Å²) < 4.78 is 11.1. The Kier molecular flexibility index (Phi) is 5.06. The van der Waals surface area contributed by atoms with Crippen LogP contribution >= 0.6 is 0 Å². The first-order chi connectivity index (χ1) is 9.95. The van der Waals surface area contributed by atoms with Crippen LogP contribution in [-0.2, 0) is 9.53 Å². The summed E-state index contributed by atoms with van der Waals surface area (Å²) in [6.07, 6.45) is 0.975. The summed E-state index contributed by atoms with van der Waals surface area (Å²) in [7, 11) is 0. The van der Waals surface area contributed by atoms with Crippen LogP contribution in [0.2, 0.25) is 0 Å². The van der Waals surface area contributed by atoms with Gasteiger partial charge in [-0.2, -0.15) is 0 Å². The Morgan fingerprint density at radius 3 is 2.71 bits per heavy atom. The van der Waals surface area contributed by atoms with E-state index < -0.39 is 11.9 Å². The van der Waals surface area contributed by atoms with Crippen molar-refractivity contribution in [3.63, 3.8) is 0 Å². The van der Waals surface area contributed by atoms with Crippen LogP contribution in [0.5, 0.6) is 0 Å². The van der Waals surface area contributed by atoms with Gasteiger partial charge >= 0.3 is 5.97 Å². The normalized spacial score (nSPS) is 23.7. The van der Waals surface area contributed by atoms with Crippen molar-refractivity contribution in [2.24, 2.45) is 5.92 Å². The number of rotatable bonds is 6. The van der Waals surface area contributed by atoms with Gasteiger partial charge < -0.3 is 14.3 Å². The minimum Gasteiger partial charge on any atom is -0.481 e. The van der Waals surface area contributed by atoms with E-state index in [1.807, 2.05) is 19.9 Å². The van der Waals surface area contributed by atoms with Crippen LogP contribution in [0.3, 0.4) is 0 Å². The molecule has 0 amide bonds. The Labute approximate surface area is 125 Å². The molecular weight excluding hydrogens is 270 g/mol. The van der Waals surface area contributed by atoms with Gasteiger partial charge in [-0.25, -0.2) is 0 Å². The van der Waals surface area contributed by atoms with Gasteiger partial charge in [0.25, 0.3) is 0 Å². The van der Waals surface area contributed by atoms with Gasteiger partial charge in [0.1, 0.15) is 11.5 Å². The monoisotopic (exact) mass is 295 g/mol. The van der Waals surface area contributed by atoms with Gasteiger partial charge in [0.2, 0.25) is 0 Å². The van der Waals surface area contributed by atoms with Crippen LogP contribution in [0.25, 0.3) is 0 Å². The average molecular weight is 295 g/mol. The quantitative estimate of drug-likeness (QED) is 0.874. The molecule has 1 aromatic heterocycles. The van der Waals surface area contributed by atoms with Crippen LogP contribution in [0.1, 0.15) is 43.4 Å². The number of hydrogen-bond acceptors (Lipinski definition) is 4. The van der Waals surface area contributed by atoms with E-state index >= 15 is 0 Å². The zero-order valence-electron chi connectivity index (χ0n) is 13.3. The largest absolute Gasteiger partial charge is 0.481 e. The number of nitrogens with zero attached hydrogens (tertiary/aromatic N) is 1. The van der Waals surface area contributed by atoms with Gasteiger partial charge in [0.15, 0.2) is 0 Å². The molecule has 1 fully saturated rings. The van der Waals surface area contributed by atoms with E-state index in [1.54, 1.807) is 0 Å². The molecule has 0 aliphatic carbocycles. The number of carboxylic acid groups (broad SMARTS) is 1. The first-order valence-electron chi connectivity index (χ1n) is 7.58. The molecule has 1 aromatic rings. The molecule has 3 atom stereocenters.